The molecule has 1 aromatic rings. The van der Waals surface area contributed by atoms with Crippen LogP contribution in [0.25, 0.3) is 0 Å². The lowest BCUT2D eigenvalue weighted by atomic mass is 10.2. The Balaban J connectivity index is 2.63. The van der Waals surface area contributed by atoms with Crippen molar-refractivity contribution in [1.82, 2.24) is 5.43 Å². The number of hydrogen-bond acceptors (Lipinski definition) is 1. The van der Waals surface area contributed by atoms with Crippen LogP contribution in [0, 0.1) is 5.82 Å². The number of rotatable bonds is 0. The summed E-state index contributed by atoms with van der Waals surface area (Å²) in [5.41, 5.74) is 5.21. The predicted molar refractivity (Wildman–Crippen MR) is 43.5 cm³/mol. The van der Waals surface area contributed by atoms with Crippen molar-refractivity contribution in [3.05, 3.63) is 28.0 Å². The molecule has 0 atom stereocenters. The molecule has 0 fully saturated rings. The van der Waals surface area contributed by atoms with Crippen molar-refractivity contribution >= 4 is 27.8 Å². The van der Waals surface area contributed by atoms with E-state index in [1.54, 1.807) is 6.07 Å². The number of benzene rings is 1. The highest BCUT2D eigenvalue weighted by molar-refractivity contribution is 9.10. The van der Waals surface area contributed by atoms with Crippen LogP contribution in [0.4, 0.5) is 10.1 Å². The molecule has 2 nitrogen and oxygen atoms in total. The number of hydrogen-bond donors (Lipinski definition) is 0. The maximum Gasteiger partial charge on any atom is 0.138 e. The van der Waals surface area contributed by atoms with Gasteiger partial charge in [0.25, 0.3) is 0 Å². The molecule has 0 saturated heterocycles. The lowest BCUT2D eigenvalue weighted by molar-refractivity contribution is 0.621. The first kappa shape index (κ1) is 6.79. The molecule has 0 aromatic heterocycles. The average Bonchev–Trinajstić information content (AvgIpc) is 2.36. The van der Waals surface area contributed by atoms with E-state index in [0.717, 1.165) is 5.56 Å². The zero-order valence-electron chi connectivity index (χ0n) is 5.38. The fraction of sp³-hybridized carbons (Fsp3) is 0. The number of nitrogens with zero attached hydrogens (tertiary/aromatic N) is 2. The zero-order valence-corrected chi connectivity index (χ0v) is 6.97. The van der Waals surface area contributed by atoms with Crippen molar-refractivity contribution in [3.63, 3.8) is 0 Å². The Hall–Kier alpha value is -0.900. The highest BCUT2D eigenvalue weighted by Crippen LogP contribution is 2.26. The maximum atomic E-state index is 12.8. The lowest BCUT2D eigenvalue weighted by Gasteiger charge is -1.97. The third-order valence-corrected chi connectivity index (χ3v) is 2.04. The molecule has 0 spiro atoms. The Bertz CT molecular complexity index is 335. The van der Waals surface area contributed by atoms with Gasteiger partial charge < -0.3 is 0 Å². The highest BCUT2D eigenvalue weighted by Gasteiger charge is 2.10. The first-order valence-electron chi connectivity index (χ1n) is 3.00. The maximum absolute atomic E-state index is 12.8. The molecule has 1 radical (unpaired) electrons. The monoisotopic (exact) mass is 213 g/mol. The zero-order chi connectivity index (χ0) is 7.84. The second-order valence-corrected chi connectivity index (χ2v) is 3.02. The van der Waals surface area contributed by atoms with Crippen molar-refractivity contribution in [2.45, 2.75) is 0 Å². The summed E-state index contributed by atoms with van der Waals surface area (Å²) in [7, 11) is 0. The van der Waals surface area contributed by atoms with E-state index in [9.17, 15) is 4.39 Å². The van der Waals surface area contributed by atoms with E-state index in [-0.39, 0.29) is 5.82 Å². The largest absolute Gasteiger partial charge is 0.206 e. The van der Waals surface area contributed by atoms with E-state index in [1.165, 1.54) is 12.3 Å². The minimum Gasteiger partial charge on any atom is -0.206 e. The third-order valence-electron chi connectivity index (χ3n) is 1.43. The Morgan fingerprint density at radius 2 is 2.18 bits per heavy atom. The van der Waals surface area contributed by atoms with Crippen LogP contribution in [-0.2, 0) is 0 Å². The van der Waals surface area contributed by atoms with Gasteiger partial charge in [0.15, 0.2) is 0 Å². The van der Waals surface area contributed by atoms with Gasteiger partial charge in [0.2, 0.25) is 0 Å². The van der Waals surface area contributed by atoms with Gasteiger partial charge in [-0.25, -0.2) is 4.39 Å². The molecular weight excluding hydrogens is 211 g/mol. The van der Waals surface area contributed by atoms with Gasteiger partial charge in [0.05, 0.1) is 16.4 Å². The molecule has 0 saturated carbocycles. The van der Waals surface area contributed by atoms with Crippen LogP contribution < -0.4 is 5.43 Å². The number of halogens is 2. The van der Waals surface area contributed by atoms with Gasteiger partial charge in [0.1, 0.15) is 5.82 Å². The smallest absolute Gasteiger partial charge is 0.138 e. The molecule has 0 bridgehead atoms. The molecule has 2 rings (SSSR count). The molecule has 0 amide bonds. The summed E-state index contributed by atoms with van der Waals surface area (Å²) < 4.78 is 13.2. The fourth-order valence-electron chi connectivity index (χ4n) is 0.895. The molecule has 1 aromatic carbocycles. The quantitative estimate of drug-likeness (QED) is 0.632. The van der Waals surface area contributed by atoms with Crippen LogP contribution in [0.1, 0.15) is 5.56 Å². The van der Waals surface area contributed by atoms with Crippen LogP contribution in [0.3, 0.4) is 0 Å². The fourth-order valence-corrected chi connectivity index (χ4v) is 1.23. The molecule has 4 heteroatoms. The van der Waals surface area contributed by atoms with E-state index in [1.807, 2.05) is 0 Å². The van der Waals surface area contributed by atoms with E-state index in [0.29, 0.717) is 10.2 Å². The molecule has 1 aliphatic heterocycles. The van der Waals surface area contributed by atoms with Gasteiger partial charge in [0, 0.05) is 5.56 Å². The van der Waals surface area contributed by atoms with E-state index in [4.69, 9.17) is 0 Å². The van der Waals surface area contributed by atoms with Gasteiger partial charge in [-0.2, -0.15) is 10.5 Å². The highest BCUT2D eigenvalue weighted by atomic mass is 79.9. The van der Waals surface area contributed by atoms with Crippen LogP contribution in [0.2, 0.25) is 0 Å². The van der Waals surface area contributed by atoms with Crippen molar-refractivity contribution in [2.24, 2.45) is 5.10 Å². The minimum atomic E-state index is -0.285. The summed E-state index contributed by atoms with van der Waals surface area (Å²) in [5.74, 6) is -0.285. The molecule has 0 N–H and O–H groups in total. The lowest BCUT2D eigenvalue weighted by Crippen LogP contribution is -1.85. The summed E-state index contributed by atoms with van der Waals surface area (Å²) in [5, 5.41) is 3.65. The van der Waals surface area contributed by atoms with Crippen LogP contribution in [0.15, 0.2) is 21.7 Å². The van der Waals surface area contributed by atoms with E-state index < -0.39 is 0 Å². The summed E-state index contributed by atoms with van der Waals surface area (Å²) in [6, 6.07) is 3.01. The van der Waals surface area contributed by atoms with Crippen LogP contribution in [0.5, 0.6) is 0 Å². The van der Waals surface area contributed by atoms with Gasteiger partial charge >= 0.3 is 0 Å². The molecule has 55 valence electrons. The summed E-state index contributed by atoms with van der Waals surface area (Å²) in [6.07, 6.45) is 1.53. The van der Waals surface area contributed by atoms with Gasteiger partial charge in [-0.15, -0.1) is 0 Å². The SMILES string of the molecule is Fc1cc2c(cc1Br)[N]N=C2. The first-order chi connectivity index (χ1) is 5.27. The predicted octanol–water partition coefficient (Wildman–Crippen LogP) is 2.17. The second-order valence-electron chi connectivity index (χ2n) is 2.17. The Kier molecular flexibility index (Phi) is 1.42. The normalized spacial score (nSPS) is 12.9. The van der Waals surface area contributed by atoms with Crippen molar-refractivity contribution < 1.29 is 4.39 Å². The van der Waals surface area contributed by atoms with E-state index in [2.05, 4.69) is 26.5 Å². The van der Waals surface area contributed by atoms with Gasteiger partial charge in [-0.05, 0) is 28.1 Å². The molecule has 1 aliphatic rings. The summed E-state index contributed by atoms with van der Waals surface area (Å²) in [4.78, 5) is 0. The molecule has 0 unspecified atom stereocenters. The van der Waals surface area contributed by atoms with Crippen molar-refractivity contribution in [1.29, 1.82) is 0 Å². The van der Waals surface area contributed by atoms with Crippen LogP contribution in [-0.4, -0.2) is 6.21 Å². The second kappa shape index (κ2) is 2.30. The topological polar surface area (TPSA) is 26.5 Å². The molecular formula is C7H3BrFN2. The average molecular weight is 214 g/mol. The Morgan fingerprint density at radius 3 is 3.00 bits per heavy atom. The third kappa shape index (κ3) is 1.03. The van der Waals surface area contributed by atoms with Crippen molar-refractivity contribution in [2.75, 3.05) is 0 Å². The standard InChI is InChI=1S/C7H3BrFN2/c8-5-2-7-4(1-6(5)9)3-10-11-7/h1-3H. The van der Waals surface area contributed by atoms with Crippen molar-refractivity contribution in [3.8, 4) is 0 Å². The molecule has 1 heterocycles. The van der Waals surface area contributed by atoms with Gasteiger partial charge in [-0.3, -0.25) is 0 Å². The molecule has 0 aliphatic carbocycles. The Labute approximate surface area is 71.2 Å². The number of fused-ring (bicyclic) bond motifs is 1. The summed E-state index contributed by atoms with van der Waals surface area (Å²) >= 11 is 3.06. The van der Waals surface area contributed by atoms with Crippen LogP contribution >= 0.6 is 15.9 Å². The van der Waals surface area contributed by atoms with E-state index >= 15 is 0 Å². The first-order valence-corrected chi connectivity index (χ1v) is 3.80. The minimum absolute atomic E-state index is 0.285. The Morgan fingerprint density at radius 1 is 1.36 bits per heavy atom. The van der Waals surface area contributed by atoms with Gasteiger partial charge in [-0.1, -0.05) is 0 Å². The summed E-state index contributed by atoms with van der Waals surface area (Å²) in [6.45, 7) is 0. The molecule has 11 heavy (non-hydrogen) atoms.